The largest absolute Gasteiger partial charge is 0.444 e. The Morgan fingerprint density at radius 2 is 1.84 bits per heavy atom. The van der Waals surface area contributed by atoms with E-state index in [2.05, 4.69) is 19.2 Å². The van der Waals surface area contributed by atoms with E-state index in [-0.39, 0.29) is 0 Å². The van der Waals surface area contributed by atoms with Gasteiger partial charge in [0.1, 0.15) is 11.9 Å². The van der Waals surface area contributed by atoms with Gasteiger partial charge in [-0.15, -0.1) is 0 Å². The second-order valence-electron chi connectivity index (χ2n) is 7.13. The van der Waals surface area contributed by atoms with Crippen molar-refractivity contribution in [3.8, 4) is 0 Å². The maximum absolute atomic E-state index is 12.0. The van der Waals surface area contributed by atoms with Crippen LogP contribution in [0.15, 0.2) is 0 Å². The third-order valence-electron chi connectivity index (χ3n) is 3.52. The number of carbonyl (C=O) groups is 2. The minimum Gasteiger partial charge on any atom is -0.444 e. The highest BCUT2D eigenvalue weighted by molar-refractivity contribution is 5.70. The molecule has 0 aromatic heterocycles. The van der Waals surface area contributed by atoms with Crippen LogP contribution in [0.5, 0.6) is 0 Å². The summed E-state index contributed by atoms with van der Waals surface area (Å²) in [7, 11) is 0. The molecule has 0 aliphatic heterocycles. The van der Waals surface area contributed by atoms with Gasteiger partial charge in [-0.25, -0.2) is 4.79 Å². The quantitative estimate of drug-likeness (QED) is 0.800. The molecule has 0 bridgehead atoms. The topological polar surface area (TPSA) is 55.4 Å². The predicted molar refractivity (Wildman–Crippen MR) is 75.0 cm³/mol. The molecule has 1 saturated carbocycles. The molecule has 0 heterocycles. The molecule has 4 heteroatoms. The Balaban J connectivity index is 2.76. The molecule has 2 atom stereocenters. The predicted octanol–water partition coefficient (Wildman–Crippen LogP) is 3.30. The van der Waals surface area contributed by atoms with Gasteiger partial charge in [-0.1, -0.05) is 13.8 Å². The van der Waals surface area contributed by atoms with Crippen LogP contribution in [0.2, 0.25) is 0 Å². The standard InChI is InChI=1S/C15H27NO3/c1-11-8-12(2)10-15(9-11,6-7-17)16-13(18)19-14(3,4)5/h7,11-12H,6,8-10H2,1-5H3,(H,16,18). The van der Waals surface area contributed by atoms with Crippen LogP contribution in [0.25, 0.3) is 0 Å². The average molecular weight is 269 g/mol. The lowest BCUT2D eigenvalue weighted by atomic mass is 9.70. The van der Waals surface area contributed by atoms with Crippen LogP contribution < -0.4 is 5.32 Å². The molecule has 1 amide bonds. The lowest BCUT2D eigenvalue weighted by Crippen LogP contribution is -2.54. The van der Waals surface area contributed by atoms with Gasteiger partial charge in [-0.2, -0.15) is 0 Å². The van der Waals surface area contributed by atoms with Crippen molar-refractivity contribution in [3.63, 3.8) is 0 Å². The first-order valence-electron chi connectivity index (χ1n) is 7.10. The molecule has 1 aliphatic rings. The minimum atomic E-state index is -0.516. The Morgan fingerprint density at radius 3 is 2.26 bits per heavy atom. The fourth-order valence-electron chi connectivity index (χ4n) is 3.27. The summed E-state index contributed by atoms with van der Waals surface area (Å²) in [6.45, 7) is 9.86. The first-order valence-corrected chi connectivity index (χ1v) is 7.10. The zero-order valence-corrected chi connectivity index (χ0v) is 12.8. The summed E-state index contributed by atoms with van der Waals surface area (Å²) < 4.78 is 5.32. The first-order chi connectivity index (χ1) is 8.66. The normalized spacial score (nSPS) is 31.6. The van der Waals surface area contributed by atoms with Gasteiger partial charge in [-0.3, -0.25) is 0 Å². The lowest BCUT2D eigenvalue weighted by Gasteiger charge is -2.42. The van der Waals surface area contributed by atoms with E-state index in [0.717, 1.165) is 25.5 Å². The molecule has 0 saturated heterocycles. The number of hydrogen-bond donors (Lipinski definition) is 1. The third kappa shape index (κ3) is 5.21. The summed E-state index contributed by atoms with van der Waals surface area (Å²) in [5, 5.41) is 2.96. The molecule has 1 N–H and O–H groups in total. The number of ether oxygens (including phenoxy) is 1. The molecular weight excluding hydrogens is 242 g/mol. The third-order valence-corrected chi connectivity index (χ3v) is 3.52. The zero-order valence-electron chi connectivity index (χ0n) is 12.8. The number of aldehydes is 1. The van der Waals surface area contributed by atoms with Crippen molar-refractivity contribution in [1.29, 1.82) is 0 Å². The number of rotatable bonds is 3. The molecule has 0 radical (unpaired) electrons. The number of nitrogens with one attached hydrogen (secondary N) is 1. The number of hydrogen-bond acceptors (Lipinski definition) is 3. The van der Waals surface area contributed by atoms with Crippen molar-refractivity contribution in [2.24, 2.45) is 11.8 Å². The SMILES string of the molecule is CC1CC(C)CC(CC=O)(NC(=O)OC(C)(C)C)C1. The molecular formula is C15H27NO3. The van der Waals surface area contributed by atoms with Crippen LogP contribution in [0.1, 0.15) is 60.3 Å². The summed E-state index contributed by atoms with van der Waals surface area (Å²) in [6, 6.07) is 0. The Hall–Kier alpha value is -1.06. The molecule has 19 heavy (non-hydrogen) atoms. The molecule has 1 aliphatic carbocycles. The van der Waals surface area contributed by atoms with Crippen molar-refractivity contribution in [2.75, 3.05) is 0 Å². The fourth-order valence-corrected chi connectivity index (χ4v) is 3.27. The molecule has 1 rings (SSSR count). The van der Waals surface area contributed by atoms with Gasteiger partial charge in [0.2, 0.25) is 0 Å². The van der Waals surface area contributed by atoms with E-state index < -0.39 is 17.2 Å². The monoisotopic (exact) mass is 269 g/mol. The number of amides is 1. The Labute approximate surface area is 116 Å². The summed E-state index contributed by atoms with van der Waals surface area (Å²) in [4.78, 5) is 22.9. The molecule has 110 valence electrons. The van der Waals surface area contributed by atoms with Gasteiger partial charge in [0.05, 0.1) is 5.54 Å². The maximum Gasteiger partial charge on any atom is 0.408 e. The summed E-state index contributed by atoms with van der Waals surface area (Å²) >= 11 is 0. The van der Waals surface area contributed by atoms with Crippen LogP contribution in [0, 0.1) is 11.8 Å². The zero-order chi connectivity index (χ0) is 14.7. The van der Waals surface area contributed by atoms with Crippen molar-refractivity contribution < 1.29 is 14.3 Å². The Bertz CT molecular complexity index is 323. The summed E-state index contributed by atoms with van der Waals surface area (Å²) in [5.41, 5.74) is -0.945. The smallest absolute Gasteiger partial charge is 0.408 e. The Kier molecular flexibility index (Phi) is 4.99. The highest BCUT2D eigenvalue weighted by Gasteiger charge is 2.39. The van der Waals surface area contributed by atoms with E-state index in [0.29, 0.717) is 18.3 Å². The van der Waals surface area contributed by atoms with Crippen molar-refractivity contribution >= 4 is 12.4 Å². The van der Waals surface area contributed by atoms with Crippen molar-refractivity contribution in [2.45, 2.75) is 71.4 Å². The molecule has 0 spiro atoms. The fraction of sp³-hybridized carbons (Fsp3) is 0.867. The highest BCUT2D eigenvalue weighted by atomic mass is 16.6. The average Bonchev–Trinajstić information content (AvgIpc) is 2.10. The maximum atomic E-state index is 12.0. The lowest BCUT2D eigenvalue weighted by molar-refractivity contribution is -0.109. The second kappa shape index (κ2) is 5.93. The number of carbonyl (C=O) groups excluding carboxylic acids is 2. The van der Waals surface area contributed by atoms with Crippen molar-refractivity contribution in [1.82, 2.24) is 5.32 Å². The second-order valence-corrected chi connectivity index (χ2v) is 7.13. The highest BCUT2D eigenvalue weighted by Crippen LogP contribution is 2.37. The van der Waals surface area contributed by atoms with Crippen LogP contribution in [-0.2, 0) is 9.53 Å². The molecule has 1 fully saturated rings. The van der Waals surface area contributed by atoms with E-state index in [9.17, 15) is 9.59 Å². The van der Waals surface area contributed by atoms with E-state index >= 15 is 0 Å². The van der Waals surface area contributed by atoms with Gasteiger partial charge < -0.3 is 14.8 Å². The van der Waals surface area contributed by atoms with Crippen LogP contribution >= 0.6 is 0 Å². The molecule has 0 aromatic rings. The number of alkyl carbamates (subject to hydrolysis) is 1. The molecule has 2 unspecified atom stereocenters. The molecule has 4 nitrogen and oxygen atoms in total. The van der Waals surface area contributed by atoms with Gasteiger partial charge in [-0.05, 0) is 51.9 Å². The summed E-state index contributed by atoms with van der Waals surface area (Å²) in [6.07, 6.45) is 3.68. The van der Waals surface area contributed by atoms with Gasteiger partial charge in [0, 0.05) is 6.42 Å². The van der Waals surface area contributed by atoms with Crippen LogP contribution in [-0.4, -0.2) is 23.5 Å². The van der Waals surface area contributed by atoms with E-state index in [1.807, 2.05) is 20.8 Å². The van der Waals surface area contributed by atoms with Crippen molar-refractivity contribution in [3.05, 3.63) is 0 Å². The van der Waals surface area contributed by atoms with Gasteiger partial charge in [0.25, 0.3) is 0 Å². The van der Waals surface area contributed by atoms with E-state index in [1.165, 1.54) is 0 Å². The van der Waals surface area contributed by atoms with E-state index in [4.69, 9.17) is 4.74 Å². The van der Waals surface area contributed by atoms with Gasteiger partial charge in [0.15, 0.2) is 0 Å². The van der Waals surface area contributed by atoms with Gasteiger partial charge >= 0.3 is 6.09 Å². The van der Waals surface area contributed by atoms with E-state index in [1.54, 1.807) is 0 Å². The van der Waals surface area contributed by atoms with Crippen LogP contribution in [0.3, 0.4) is 0 Å². The summed E-state index contributed by atoms with van der Waals surface area (Å²) in [5.74, 6) is 1.03. The molecule has 0 aromatic carbocycles. The van der Waals surface area contributed by atoms with Crippen LogP contribution in [0.4, 0.5) is 4.79 Å². The Morgan fingerprint density at radius 1 is 1.32 bits per heavy atom. The first kappa shape index (κ1) is 16.0. The minimum absolute atomic E-state index is 0.362.